The molecular weight excluding hydrogens is 273 g/mol. The van der Waals surface area contributed by atoms with Gasteiger partial charge in [0.05, 0.1) is 12.1 Å². The van der Waals surface area contributed by atoms with E-state index < -0.39 is 0 Å². The topological polar surface area (TPSA) is 38.3 Å². The summed E-state index contributed by atoms with van der Waals surface area (Å²) >= 11 is 11.7. The van der Waals surface area contributed by atoms with Crippen LogP contribution in [-0.2, 0) is 4.74 Å². The quantitative estimate of drug-likeness (QED) is 0.926. The van der Waals surface area contributed by atoms with E-state index in [9.17, 15) is 4.79 Å². The smallest absolute Gasteiger partial charge is 0.251 e. The molecule has 0 unspecified atom stereocenters. The van der Waals surface area contributed by atoms with Gasteiger partial charge in [-0.3, -0.25) is 4.79 Å². The molecule has 18 heavy (non-hydrogen) atoms. The second-order valence-corrected chi connectivity index (χ2v) is 5.34. The fraction of sp³-hybridized carbons (Fsp3) is 0.462. The molecule has 1 aromatic carbocycles. The Morgan fingerprint density at radius 3 is 2.61 bits per heavy atom. The highest BCUT2D eigenvalue weighted by molar-refractivity contribution is 6.35. The van der Waals surface area contributed by atoms with Crippen LogP contribution in [0.4, 0.5) is 0 Å². The van der Waals surface area contributed by atoms with Crippen LogP contribution in [0.25, 0.3) is 0 Å². The average Bonchev–Trinajstić information content (AvgIpc) is 2.80. The summed E-state index contributed by atoms with van der Waals surface area (Å²) in [5.41, 5.74) is 0.470. The molecule has 0 saturated carbocycles. The van der Waals surface area contributed by atoms with E-state index in [0.717, 1.165) is 19.4 Å². The second-order valence-electron chi connectivity index (χ2n) is 4.47. The lowest BCUT2D eigenvalue weighted by molar-refractivity contribution is 0.0712. The van der Waals surface area contributed by atoms with Crippen molar-refractivity contribution in [3.63, 3.8) is 0 Å². The summed E-state index contributed by atoms with van der Waals surface area (Å²) in [6, 6.07) is 4.79. The van der Waals surface area contributed by atoms with Crippen molar-refractivity contribution in [2.75, 3.05) is 6.61 Å². The minimum atomic E-state index is -0.178. The van der Waals surface area contributed by atoms with Crippen molar-refractivity contribution in [3.05, 3.63) is 33.8 Å². The van der Waals surface area contributed by atoms with Gasteiger partial charge in [0.15, 0.2) is 0 Å². The lowest BCUT2D eigenvalue weighted by Crippen LogP contribution is -2.40. The number of nitrogens with one attached hydrogen (secondary N) is 1. The molecule has 1 saturated heterocycles. The lowest BCUT2D eigenvalue weighted by atomic mass is 10.1. The largest absolute Gasteiger partial charge is 0.376 e. The zero-order chi connectivity index (χ0) is 13.1. The average molecular weight is 288 g/mol. The first-order chi connectivity index (χ1) is 8.56. The molecule has 2 atom stereocenters. The fourth-order valence-corrected chi connectivity index (χ4v) is 2.59. The third-order valence-electron chi connectivity index (χ3n) is 3.01. The van der Waals surface area contributed by atoms with Crippen LogP contribution in [-0.4, -0.2) is 24.7 Å². The van der Waals surface area contributed by atoms with E-state index in [0.29, 0.717) is 15.6 Å². The molecule has 1 N–H and O–H groups in total. The third-order valence-corrected chi connectivity index (χ3v) is 3.44. The number of amides is 1. The number of benzene rings is 1. The van der Waals surface area contributed by atoms with Crippen LogP contribution in [0.3, 0.4) is 0 Å². The first-order valence-electron chi connectivity index (χ1n) is 5.95. The van der Waals surface area contributed by atoms with Crippen LogP contribution in [0.2, 0.25) is 10.0 Å². The number of carbonyl (C=O) groups is 1. The van der Waals surface area contributed by atoms with E-state index in [-0.39, 0.29) is 18.1 Å². The highest BCUT2D eigenvalue weighted by atomic mass is 35.5. The maximum Gasteiger partial charge on any atom is 0.251 e. The fourth-order valence-electron chi connectivity index (χ4n) is 2.06. The number of carbonyl (C=O) groups excluding carboxylic acids is 1. The Labute approximate surface area is 116 Å². The van der Waals surface area contributed by atoms with Crippen LogP contribution in [0.1, 0.15) is 30.1 Å². The Kier molecular flexibility index (Phi) is 4.49. The van der Waals surface area contributed by atoms with Gasteiger partial charge in [0.2, 0.25) is 0 Å². The van der Waals surface area contributed by atoms with Crippen molar-refractivity contribution in [1.29, 1.82) is 0 Å². The summed E-state index contributed by atoms with van der Waals surface area (Å²) in [6.07, 6.45) is 2.13. The molecular formula is C13H15Cl2NO2. The molecule has 2 rings (SSSR count). The zero-order valence-electron chi connectivity index (χ0n) is 10.1. The highest BCUT2D eigenvalue weighted by Gasteiger charge is 2.24. The molecule has 5 heteroatoms. The van der Waals surface area contributed by atoms with Gasteiger partial charge in [-0.1, -0.05) is 23.2 Å². The maximum absolute atomic E-state index is 12.0. The van der Waals surface area contributed by atoms with E-state index in [2.05, 4.69) is 5.32 Å². The zero-order valence-corrected chi connectivity index (χ0v) is 11.6. The molecule has 0 bridgehead atoms. The van der Waals surface area contributed by atoms with Gasteiger partial charge in [0.1, 0.15) is 0 Å². The van der Waals surface area contributed by atoms with Gasteiger partial charge < -0.3 is 10.1 Å². The molecule has 0 aliphatic carbocycles. The SMILES string of the molecule is C[C@@H](NC(=O)c1cc(Cl)cc(Cl)c1)[C@H]1CCCO1. The van der Waals surface area contributed by atoms with Crippen LogP contribution >= 0.6 is 23.2 Å². The van der Waals surface area contributed by atoms with Gasteiger partial charge in [0.25, 0.3) is 5.91 Å². The Morgan fingerprint density at radius 2 is 2.06 bits per heavy atom. The van der Waals surface area contributed by atoms with Crippen LogP contribution < -0.4 is 5.32 Å². The monoisotopic (exact) mass is 287 g/mol. The van der Waals surface area contributed by atoms with Gasteiger partial charge in [-0.2, -0.15) is 0 Å². The first-order valence-corrected chi connectivity index (χ1v) is 6.70. The standard InChI is InChI=1S/C13H15Cl2NO2/c1-8(12-3-2-4-18-12)16-13(17)9-5-10(14)7-11(15)6-9/h5-8,12H,2-4H2,1H3,(H,16,17)/t8-,12-/m1/s1. The Bertz CT molecular complexity index is 424. The van der Waals surface area contributed by atoms with Crippen LogP contribution in [0.5, 0.6) is 0 Å². The minimum absolute atomic E-state index is 0.0160. The van der Waals surface area contributed by atoms with Gasteiger partial charge >= 0.3 is 0 Å². The molecule has 1 heterocycles. The summed E-state index contributed by atoms with van der Waals surface area (Å²) in [7, 11) is 0. The summed E-state index contributed by atoms with van der Waals surface area (Å²) in [5.74, 6) is -0.178. The first kappa shape index (κ1) is 13.7. The Hall–Kier alpha value is -0.770. The van der Waals surface area contributed by atoms with Gasteiger partial charge in [0, 0.05) is 22.2 Å². The van der Waals surface area contributed by atoms with E-state index >= 15 is 0 Å². The van der Waals surface area contributed by atoms with Crippen molar-refractivity contribution < 1.29 is 9.53 Å². The number of halogens is 2. The van der Waals surface area contributed by atoms with Crippen molar-refractivity contribution in [1.82, 2.24) is 5.32 Å². The number of ether oxygens (including phenoxy) is 1. The van der Waals surface area contributed by atoms with E-state index in [1.54, 1.807) is 18.2 Å². The van der Waals surface area contributed by atoms with Crippen molar-refractivity contribution >= 4 is 29.1 Å². The molecule has 1 fully saturated rings. The van der Waals surface area contributed by atoms with E-state index in [1.807, 2.05) is 6.92 Å². The molecule has 1 aromatic rings. The molecule has 1 aliphatic heterocycles. The summed E-state index contributed by atoms with van der Waals surface area (Å²) < 4.78 is 5.53. The summed E-state index contributed by atoms with van der Waals surface area (Å²) in [4.78, 5) is 12.0. The maximum atomic E-state index is 12.0. The predicted molar refractivity (Wildman–Crippen MR) is 72.4 cm³/mol. The van der Waals surface area contributed by atoms with Crippen molar-refractivity contribution in [3.8, 4) is 0 Å². The van der Waals surface area contributed by atoms with Gasteiger partial charge in [-0.05, 0) is 38.0 Å². The van der Waals surface area contributed by atoms with Gasteiger partial charge in [-0.25, -0.2) is 0 Å². The molecule has 3 nitrogen and oxygen atoms in total. The molecule has 1 aliphatic rings. The number of hydrogen-bond acceptors (Lipinski definition) is 2. The summed E-state index contributed by atoms with van der Waals surface area (Å²) in [5, 5.41) is 3.82. The van der Waals surface area contributed by atoms with E-state index in [1.165, 1.54) is 0 Å². The molecule has 98 valence electrons. The minimum Gasteiger partial charge on any atom is -0.376 e. The molecule has 0 aromatic heterocycles. The Morgan fingerprint density at radius 1 is 1.39 bits per heavy atom. The number of rotatable bonds is 3. The van der Waals surface area contributed by atoms with E-state index in [4.69, 9.17) is 27.9 Å². The molecule has 0 spiro atoms. The summed E-state index contributed by atoms with van der Waals surface area (Å²) in [6.45, 7) is 2.72. The Balaban J connectivity index is 2.02. The van der Waals surface area contributed by atoms with Crippen LogP contribution in [0.15, 0.2) is 18.2 Å². The molecule has 1 amide bonds. The second kappa shape index (κ2) is 5.91. The number of hydrogen-bond donors (Lipinski definition) is 1. The predicted octanol–water partition coefficient (Wildman–Crippen LogP) is 3.29. The highest BCUT2D eigenvalue weighted by Crippen LogP contribution is 2.20. The van der Waals surface area contributed by atoms with Crippen molar-refractivity contribution in [2.45, 2.75) is 31.9 Å². The normalized spacial score (nSPS) is 20.7. The molecule has 0 radical (unpaired) electrons. The van der Waals surface area contributed by atoms with Crippen LogP contribution in [0, 0.1) is 0 Å². The third kappa shape index (κ3) is 3.37. The van der Waals surface area contributed by atoms with Crippen molar-refractivity contribution in [2.24, 2.45) is 0 Å². The lowest BCUT2D eigenvalue weighted by Gasteiger charge is -2.20. The van der Waals surface area contributed by atoms with Gasteiger partial charge in [-0.15, -0.1) is 0 Å².